The number of carbonyl (C=O) groups is 1. The molecular formula is C33H32N6O5S2. The van der Waals surface area contributed by atoms with E-state index in [1.165, 1.54) is 29.3 Å². The number of amides is 1. The van der Waals surface area contributed by atoms with Crippen molar-refractivity contribution in [1.82, 2.24) is 19.7 Å². The molecule has 46 heavy (non-hydrogen) atoms. The number of benzene rings is 3. The molecule has 2 aromatic heterocycles. The van der Waals surface area contributed by atoms with Crippen LogP contribution < -0.4 is 9.46 Å². The first kappa shape index (κ1) is 32.2. The van der Waals surface area contributed by atoms with Crippen molar-refractivity contribution in [1.29, 1.82) is 5.26 Å². The number of sulfonamides is 1. The van der Waals surface area contributed by atoms with Gasteiger partial charge < -0.3 is 14.4 Å². The summed E-state index contributed by atoms with van der Waals surface area (Å²) in [5.41, 5.74) is 3.56. The van der Waals surface area contributed by atoms with Gasteiger partial charge in [0.1, 0.15) is 23.2 Å². The van der Waals surface area contributed by atoms with Crippen LogP contribution in [0.15, 0.2) is 89.4 Å². The van der Waals surface area contributed by atoms with Gasteiger partial charge in [0.05, 0.1) is 16.2 Å². The fourth-order valence-electron chi connectivity index (χ4n) is 4.64. The molecule has 0 radical (unpaired) electrons. The molecule has 0 spiro atoms. The average molecular weight is 657 g/mol. The number of ether oxygens (including phenoxy) is 2. The summed E-state index contributed by atoms with van der Waals surface area (Å²) < 4.78 is 41.8. The largest absolute Gasteiger partial charge is 0.455 e. The predicted molar refractivity (Wildman–Crippen MR) is 176 cm³/mol. The molecule has 5 rings (SSSR count). The summed E-state index contributed by atoms with van der Waals surface area (Å²) in [6, 6.07) is 21.4. The van der Waals surface area contributed by atoms with E-state index in [0.29, 0.717) is 17.9 Å². The summed E-state index contributed by atoms with van der Waals surface area (Å²) in [6.07, 6.45) is 2.74. The SMILES string of the molecule is CN(Cc1ccccc1-c1ccc(Oc2ccc(S(=O)(=O)Nc3nccs3)cc2C#N)c(-c2ccnn2C)c1)C(=O)OC(C)(C)C. The zero-order valence-corrected chi connectivity index (χ0v) is 27.5. The first-order valence-electron chi connectivity index (χ1n) is 14.1. The van der Waals surface area contributed by atoms with Gasteiger partial charge in [-0.15, -0.1) is 11.3 Å². The van der Waals surface area contributed by atoms with E-state index in [4.69, 9.17) is 9.47 Å². The van der Waals surface area contributed by atoms with Crippen LogP contribution in [0.2, 0.25) is 0 Å². The van der Waals surface area contributed by atoms with Crippen LogP contribution in [0, 0.1) is 11.3 Å². The number of hydrogen-bond donors (Lipinski definition) is 1. The van der Waals surface area contributed by atoms with Gasteiger partial charge in [0.25, 0.3) is 10.0 Å². The summed E-state index contributed by atoms with van der Waals surface area (Å²) in [5, 5.41) is 16.1. The lowest BCUT2D eigenvalue weighted by Crippen LogP contribution is -2.33. The Balaban J connectivity index is 1.49. The van der Waals surface area contributed by atoms with Crippen LogP contribution in [0.1, 0.15) is 31.9 Å². The summed E-state index contributed by atoms with van der Waals surface area (Å²) in [5.74, 6) is 0.620. The molecule has 5 aromatic rings. The maximum absolute atomic E-state index is 12.9. The third-order valence-electron chi connectivity index (χ3n) is 6.77. The Hall–Kier alpha value is -5.19. The summed E-state index contributed by atoms with van der Waals surface area (Å²) in [4.78, 5) is 18.1. The van der Waals surface area contributed by atoms with Gasteiger partial charge in [-0.25, -0.2) is 18.2 Å². The quantitative estimate of drug-likeness (QED) is 0.178. The second kappa shape index (κ2) is 13.0. The van der Waals surface area contributed by atoms with E-state index in [2.05, 4.69) is 14.8 Å². The Morgan fingerprint density at radius 2 is 1.80 bits per heavy atom. The monoisotopic (exact) mass is 656 g/mol. The minimum absolute atomic E-state index is 0.0394. The standard InChI is InChI=1S/C33H32N6O5S2/c1-33(2,3)44-32(40)38(4)21-23-8-6-7-9-26(23)22-10-12-30(27(19-22)28-14-15-36-39(28)5)43-29-13-11-25(18-24(29)20-34)46(41,42)37-31-35-16-17-45-31/h6-19H,21H2,1-5H3,(H,35,37). The molecule has 0 aliphatic heterocycles. The van der Waals surface area contributed by atoms with Gasteiger partial charge in [0.15, 0.2) is 5.13 Å². The van der Waals surface area contributed by atoms with E-state index in [0.717, 1.165) is 33.7 Å². The van der Waals surface area contributed by atoms with E-state index in [-0.39, 0.29) is 21.3 Å². The lowest BCUT2D eigenvalue weighted by Gasteiger charge is -2.25. The second-order valence-electron chi connectivity index (χ2n) is 11.4. The van der Waals surface area contributed by atoms with Crippen LogP contribution in [0.4, 0.5) is 9.93 Å². The lowest BCUT2D eigenvalue weighted by molar-refractivity contribution is 0.0285. The number of nitriles is 1. The number of anilines is 1. The number of nitrogens with zero attached hydrogens (tertiary/aromatic N) is 5. The molecule has 13 heteroatoms. The molecule has 1 amide bonds. The fraction of sp³-hybridized carbons (Fsp3) is 0.212. The highest BCUT2D eigenvalue weighted by Crippen LogP contribution is 2.39. The van der Waals surface area contributed by atoms with E-state index in [9.17, 15) is 18.5 Å². The van der Waals surface area contributed by atoms with Crippen LogP contribution in [0.3, 0.4) is 0 Å². The first-order chi connectivity index (χ1) is 21.8. The molecule has 0 bridgehead atoms. The first-order valence-corrected chi connectivity index (χ1v) is 16.5. The lowest BCUT2D eigenvalue weighted by atomic mass is 9.96. The minimum Gasteiger partial charge on any atom is -0.455 e. The Morgan fingerprint density at radius 3 is 2.48 bits per heavy atom. The van der Waals surface area contributed by atoms with Crippen molar-refractivity contribution in [2.75, 3.05) is 11.8 Å². The Bertz CT molecular complexity index is 2030. The molecule has 236 valence electrons. The molecule has 2 heterocycles. The molecule has 0 aliphatic rings. The molecule has 0 unspecified atom stereocenters. The molecule has 0 aliphatic carbocycles. The van der Waals surface area contributed by atoms with Gasteiger partial charge >= 0.3 is 6.09 Å². The van der Waals surface area contributed by atoms with Gasteiger partial charge in [-0.05, 0) is 73.9 Å². The smallest absolute Gasteiger partial charge is 0.410 e. The molecule has 0 atom stereocenters. The maximum Gasteiger partial charge on any atom is 0.410 e. The number of rotatable bonds is 9. The van der Waals surface area contributed by atoms with Gasteiger partial charge in [0.2, 0.25) is 0 Å². The molecule has 3 aromatic carbocycles. The van der Waals surface area contributed by atoms with Crippen molar-refractivity contribution in [3.8, 4) is 40.0 Å². The average Bonchev–Trinajstić information content (AvgIpc) is 3.68. The molecule has 0 saturated heterocycles. The number of aryl methyl sites for hydroxylation is 1. The fourth-order valence-corrected chi connectivity index (χ4v) is 6.46. The normalized spacial score (nSPS) is 11.5. The van der Waals surface area contributed by atoms with Crippen molar-refractivity contribution in [3.63, 3.8) is 0 Å². The van der Waals surface area contributed by atoms with Crippen LogP contribution in [-0.4, -0.2) is 46.8 Å². The molecule has 0 fully saturated rings. The van der Waals surface area contributed by atoms with Crippen LogP contribution in [0.5, 0.6) is 11.5 Å². The minimum atomic E-state index is -3.97. The maximum atomic E-state index is 12.9. The third-order valence-corrected chi connectivity index (χ3v) is 8.93. The number of thiazole rings is 1. The Morgan fingerprint density at radius 1 is 1.04 bits per heavy atom. The third kappa shape index (κ3) is 7.36. The zero-order chi connectivity index (χ0) is 33.1. The van der Waals surface area contributed by atoms with Crippen molar-refractivity contribution in [2.45, 2.75) is 37.8 Å². The number of aromatic nitrogens is 3. The van der Waals surface area contributed by atoms with Crippen molar-refractivity contribution in [3.05, 3.63) is 95.6 Å². The van der Waals surface area contributed by atoms with Crippen LogP contribution in [0.25, 0.3) is 22.4 Å². The van der Waals surface area contributed by atoms with E-state index in [1.807, 2.05) is 76.4 Å². The molecule has 11 nitrogen and oxygen atoms in total. The highest BCUT2D eigenvalue weighted by molar-refractivity contribution is 7.93. The highest BCUT2D eigenvalue weighted by Gasteiger charge is 2.22. The summed E-state index contributed by atoms with van der Waals surface area (Å²) in [6.45, 7) is 5.80. The number of nitrogens with one attached hydrogen (secondary N) is 1. The summed E-state index contributed by atoms with van der Waals surface area (Å²) in [7, 11) is -0.465. The number of carbonyl (C=O) groups excluding carboxylic acids is 1. The zero-order valence-electron chi connectivity index (χ0n) is 25.9. The van der Waals surface area contributed by atoms with E-state index < -0.39 is 21.7 Å². The summed E-state index contributed by atoms with van der Waals surface area (Å²) >= 11 is 1.15. The Labute approximate surface area is 271 Å². The van der Waals surface area contributed by atoms with E-state index in [1.54, 1.807) is 29.4 Å². The van der Waals surface area contributed by atoms with Crippen LogP contribution in [-0.2, 0) is 28.4 Å². The van der Waals surface area contributed by atoms with Crippen molar-refractivity contribution >= 4 is 32.6 Å². The topological polar surface area (TPSA) is 139 Å². The van der Waals surface area contributed by atoms with Gasteiger partial charge in [-0.3, -0.25) is 9.40 Å². The van der Waals surface area contributed by atoms with E-state index >= 15 is 0 Å². The van der Waals surface area contributed by atoms with Crippen molar-refractivity contribution in [2.24, 2.45) is 7.05 Å². The highest BCUT2D eigenvalue weighted by atomic mass is 32.2. The van der Waals surface area contributed by atoms with Crippen molar-refractivity contribution < 1.29 is 22.7 Å². The van der Waals surface area contributed by atoms with Gasteiger partial charge in [0, 0.05) is 44.0 Å². The second-order valence-corrected chi connectivity index (χ2v) is 13.9. The van der Waals surface area contributed by atoms with Crippen LogP contribution >= 0.6 is 11.3 Å². The molecular weight excluding hydrogens is 625 g/mol. The number of hydrogen-bond acceptors (Lipinski definition) is 9. The molecule has 1 N–H and O–H groups in total. The predicted octanol–water partition coefficient (Wildman–Crippen LogP) is 7.04. The van der Waals surface area contributed by atoms with Gasteiger partial charge in [-0.2, -0.15) is 10.4 Å². The van der Waals surface area contributed by atoms with Gasteiger partial charge in [-0.1, -0.05) is 30.3 Å². The Kier molecular flexibility index (Phi) is 9.13. The molecule has 0 saturated carbocycles.